The third-order valence-electron chi connectivity index (χ3n) is 3.79. The van der Waals surface area contributed by atoms with Gasteiger partial charge in [-0.2, -0.15) is 0 Å². The fourth-order valence-electron chi connectivity index (χ4n) is 2.81. The zero-order valence-corrected chi connectivity index (χ0v) is 12.3. The molecule has 1 aliphatic carbocycles. The first-order chi connectivity index (χ1) is 9.07. The Morgan fingerprint density at radius 2 is 1.63 bits per heavy atom. The molecule has 0 spiro atoms. The Hall–Kier alpha value is -1.13. The minimum absolute atomic E-state index is 0.442. The maximum atomic E-state index is 6.51. The number of hydrogen-bond acceptors (Lipinski definition) is 4. The predicted octanol–water partition coefficient (Wildman–Crippen LogP) is 3.09. The largest absolute Gasteiger partial charge is 0.496 e. The van der Waals surface area contributed by atoms with Crippen molar-refractivity contribution in [1.29, 1.82) is 0 Å². The quantitative estimate of drug-likeness (QED) is 0.923. The molecule has 0 aromatic heterocycles. The molecule has 4 nitrogen and oxygen atoms in total. The maximum Gasteiger partial charge on any atom is 0.180 e. The van der Waals surface area contributed by atoms with Crippen LogP contribution in [-0.4, -0.2) is 21.3 Å². The molecule has 0 saturated heterocycles. The Morgan fingerprint density at radius 3 is 2.11 bits per heavy atom. The molecule has 1 aliphatic rings. The molecule has 0 aliphatic heterocycles. The third kappa shape index (κ3) is 2.35. The van der Waals surface area contributed by atoms with Crippen molar-refractivity contribution in [3.63, 3.8) is 0 Å². The van der Waals surface area contributed by atoms with Crippen molar-refractivity contribution >= 4 is 11.6 Å². The average molecular weight is 286 g/mol. The van der Waals surface area contributed by atoms with Gasteiger partial charge < -0.3 is 19.9 Å². The van der Waals surface area contributed by atoms with Crippen LogP contribution in [0.15, 0.2) is 6.07 Å². The topological polar surface area (TPSA) is 53.7 Å². The van der Waals surface area contributed by atoms with Crippen LogP contribution in [0.4, 0.5) is 0 Å². The second-order valence-corrected chi connectivity index (χ2v) is 5.24. The van der Waals surface area contributed by atoms with Gasteiger partial charge in [0.1, 0.15) is 5.75 Å². The first-order valence-corrected chi connectivity index (χ1v) is 6.73. The van der Waals surface area contributed by atoms with E-state index in [4.69, 9.17) is 31.5 Å². The first-order valence-electron chi connectivity index (χ1n) is 6.35. The van der Waals surface area contributed by atoms with E-state index < -0.39 is 5.54 Å². The number of methoxy groups -OCH3 is 3. The predicted molar refractivity (Wildman–Crippen MR) is 75.4 cm³/mol. The molecule has 0 bridgehead atoms. The number of hydrogen-bond donors (Lipinski definition) is 1. The Balaban J connectivity index is 2.64. The van der Waals surface area contributed by atoms with Gasteiger partial charge in [-0.15, -0.1) is 0 Å². The van der Waals surface area contributed by atoms with E-state index in [0.29, 0.717) is 22.3 Å². The van der Waals surface area contributed by atoms with E-state index in [1.54, 1.807) is 27.4 Å². The van der Waals surface area contributed by atoms with Crippen molar-refractivity contribution in [2.75, 3.05) is 21.3 Å². The van der Waals surface area contributed by atoms with Crippen LogP contribution in [0.3, 0.4) is 0 Å². The van der Waals surface area contributed by atoms with Crippen LogP contribution >= 0.6 is 11.6 Å². The monoisotopic (exact) mass is 285 g/mol. The van der Waals surface area contributed by atoms with E-state index in [2.05, 4.69) is 0 Å². The highest BCUT2D eigenvalue weighted by Crippen LogP contribution is 2.50. The van der Waals surface area contributed by atoms with Crippen molar-refractivity contribution in [1.82, 2.24) is 0 Å². The SMILES string of the molecule is COc1cc(OC)c(C2(N)CCCC2)c(Cl)c1OC. The van der Waals surface area contributed by atoms with E-state index in [9.17, 15) is 0 Å². The van der Waals surface area contributed by atoms with Gasteiger partial charge in [-0.1, -0.05) is 24.4 Å². The van der Waals surface area contributed by atoms with Gasteiger partial charge >= 0.3 is 0 Å². The molecular formula is C14H20ClNO3. The van der Waals surface area contributed by atoms with Crippen LogP contribution in [-0.2, 0) is 5.54 Å². The van der Waals surface area contributed by atoms with E-state index in [1.165, 1.54) is 0 Å². The molecule has 2 N–H and O–H groups in total. The number of rotatable bonds is 4. The molecule has 19 heavy (non-hydrogen) atoms. The molecule has 0 radical (unpaired) electrons. The zero-order chi connectivity index (χ0) is 14.0. The summed E-state index contributed by atoms with van der Waals surface area (Å²) in [7, 11) is 4.75. The van der Waals surface area contributed by atoms with Crippen molar-refractivity contribution in [3.8, 4) is 17.2 Å². The standard InChI is InChI=1S/C14H20ClNO3/c1-17-9-8-10(18-2)13(19-3)12(15)11(9)14(16)6-4-5-7-14/h8H,4-7,16H2,1-3H3. The molecule has 106 valence electrons. The number of ether oxygens (including phenoxy) is 3. The molecule has 1 fully saturated rings. The Kier molecular flexibility index (Phi) is 4.11. The van der Waals surface area contributed by atoms with Gasteiger partial charge in [-0.05, 0) is 12.8 Å². The molecule has 1 aromatic rings. The van der Waals surface area contributed by atoms with Gasteiger partial charge in [-0.3, -0.25) is 0 Å². The summed E-state index contributed by atoms with van der Waals surface area (Å²) in [5, 5.41) is 0.489. The summed E-state index contributed by atoms with van der Waals surface area (Å²) >= 11 is 6.48. The lowest BCUT2D eigenvalue weighted by Crippen LogP contribution is -2.34. The molecule has 0 amide bonds. The summed E-state index contributed by atoms with van der Waals surface area (Å²) in [5.74, 6) is 1.72. The summed E-state index contributed by atoms with van der Waals surface area (Å²) in [6, 6.07) is 1.78. The van der Waals surface area contributed by atoms with Crippen LogP contribution in [0.2, 0.25) is 5.02 Å². The zero-order valence-electron chi connectivity index (χ0n) is 11.6. The average Bonchev–Trinajstić information content (AvgIpc) is 2.84. The van der Waals surface area contributed by atoms with Gasteiger partial charge in [0.15, 0.2) is 11.5 Å². The summed E-state index contributed by atoms with van der Waals surface area (Å²) in [4.78, 5) is 0. The van der Waals surface area contributed by atoms with Gasteiger partial charge in [-0.25, -0.2) is 0 Å². The third-order valence-corrected chi connectivity index (χ3v) is 4.15. The van der Waals surface area contributed by atoms with E-state index >= 15 is 0 Å². The molecule has 0 heterocycles. The highest BCUT2D eigenvalue weighted by molar-refractivity contribution is 6.33. The number of benzene rings is 1. The maximum absolute atomic E-state index is 6.51. The normalized spacial score (nSPS) is 17.3. The summed E-state index contributed by atoms with van der Waals surface area (Å²) < 4.78 is 16.1. The first kappa shape index (κ1) is 14.3. The lowest BCUT2D eigenvalue weighted by atomic mass is 9.88. The number of halogens is 1. The minimum atomic E-state index is -0.442. The highest BCUT2D eigenvalue weighted by Gasteiger charge is 2.37. The van der Waals surface area contributed by atoms with Crippen molar-refractivity contribution in [2.45, 2.75) is 31.2 Å². The highest BCUT2D eigenvalue weighted by atomic mass is 35.5. The van der Waals surface area contributed by atoms with Crippen molar-refractivity contribution < 1.29 is 14.2 Å². The second kappa shape index (κ2) is 5.47. The Morgan fingerprint density at radius 1 is 1.05 bits per heavy atom. The Bertz CT molecular complexity index is 470. The van der Waals surface area contributed by atoms with Gasteiger partial charge in [0.2, 0.25) is 0 Å². The van der Waals surface area contributed by atoms with Crippen molar-refractivity contribution in [3.05, 3.63) is 16.7 Å². The van der Waals surface area contributed by atoms with Crippen LogP contribution in [0.25, 0.3) is 0 Å². The molecule has 1 saturated carbocycles. The number of nitrogens with two attached hydrogens (primary N) is 1. The summed E-state index contributed by atoms with van der Waals surface area (Å²) in [6.45, 7) is 0. The second-order valence-electron chi connectivity index (χ2n) is 4.87. The van der Waals surface area contributed by atoms with E-state index in [-0.39, 0.29) is 0 Å². The van der Waals surface area contributed by atoms with Crippen LogP contribution in [0.1, 0.15) is 31.2 Å². The fourth-order valence-corrected chi connectivity index (χ4v) is 3.26. The molecule has 2 rings (SSSR count). The van der Waals surface area contributed by atoms with E-state index in [1.807, 2.05) is 0 Å². The lowest BCUT2D eigenvalue weighted by Gasteiger charge is -2.28. The Labute approximate surface area is 118 Å². The molecular weight excluding hydrogens is 266 g/mol. The smallest absolute Gasteiger partial charge is 0.180 e. The van der Waals surface area contributed by atoms with Crippen LogP contribution in [0.5, 0.6) is 17.2 Å². The van der Waals surface area contributed by atoms with Crippen molar-refractivity contribution in [2.24, 2.45) is 5.73 Å². The van der Waals surface area contributed by atoms with Gasteiger partial charge in [0.05, 0.1) is 26.4 Å². The summed E-state index contributed by atoms with van der Waals surface area (Å²) in [6.07, 6.45) is 4.01. The van der Waals surface area contributed by atoms with Crippen LogP contribution < -0.4 is 19.9 Å². The lowest BCUT2D eigenvalue weighted by molar-refractivity contribution is 0.339. The summed E-state index contributed by atoms with van der Waals surface area (Å²) in [5.41, 5.74) is 6.90. The van der Waals surface area contributed by atoms with E-state index in [0.717, 1.165) is 31.2 Å². The molecule has 5 heteroatoms. The fraction of sp³-hybridized carbons (Fsp3) is 0.571. The van der Waals surface area contributed by atoms with Gasteiger partial charge in [0.25, 0.3) is 0 Å². The molecule has 0 unspecified atom stereocenters. The van der Waals surface area contributed by atoms with Crippen LogP contribution in [0, 0.1) is 0 Å². The minimum Gasteiger partial charge on any atom is -0.496 e. The van der Waals surface area contributed by atoms with Gasteiger partial charge in [0, 0.05) is 17.2 Å². The molecule has 0 atom stereocenters. The molecule has 1 aromatic carbocycles.